The zero-order chi connectivity index (χ0) is 35.8. The van der Waals surface area contributed by atoms with Crippen LogP contribution in [0.3, 0.4) is 0 Å². The van der Waals surface area contributed by atoms with Gasteiger partial charge in [0, 0.05) is 39.3 Å². The number of rotatable bonds is 30. The van der Waals surface area contributed by atoms with Crippen molar-refractivity contribution >= 4 is 55.9 Å². The maximum atomic E-state index is 11.0. The van der Waals surface area contributed by atoms with Crippen molar-refractivity contribution in [2.45, 2.75) is 97.3 Å². The molecule has 0 spiro atoms. The SMILES string of the molecule is CCCCCCCCNc1nc(NCCCNc2nc(NCCCCCCCC)nc(NCCS(=O)(=O)[O-])n2)nc(NCCS(=O)(=O)[O-])n1.[Na+].[Na+]. The van der Waals surface area contributed by atoms with E-state index in [9.17, 15) is 25.9 Å². The number of hydrogen-bond donors (Lipinski definition) is 6. The van der Waals surface area contributed by atoms with E-state index >= 15 is 0 Å². The predicted octanol–water partition coefficient (Wildman–Crippen LogP) is -2.56. The van der Waals surface area contributed by atoms with Crippen LogP contribution in [0.15, 0.2) is 0 Å². The summed E-state index contributed by atoms with van der Waals surface area (Å²) in [6.45, 7) is 6.31. The molecule has 0 amide bonds. The third-order valence-corrected chi connectivity index (χ3v) is 8.50. The summed E-state index contributed by atoms with van der Waals surface area (Å²) in [6.07, 6.45) is 14.2. The summed E-state index contributed by atoms with van der Waals surface area (Å²) in [7, 11) is -8.79. The average Bonchev–Trinajstić information content (AvgIpc) is 3.02. The molecule has 0 saturated heterocycles. The third-order valence-electron chi connectivity index (χ3n) is 7.09. The molecule has 51 heavy (non-hydrogen) atoms. The quantitative estimate of drug-likeness (QED) is 0.0271. The minimum atomic E-state index is -4.39. The van der Waals surface area contributed by atoms with Crippen molar-refractivity contribution in [3.8, 4) is 0 Å². The fourth-order valence-electron chi connectivity index (χ4n) is 4.50. The Kier molecular flexibility index (Phi) is 28.3. The first-order valence-electron chi connectivity index (χ1n) is 17.3. The van der Waals surface area contributed by atoms with E-state index in [1.165, 1.54) is 38.5 Å². The summed E-state index contributed by atoms with van der Waals surface area (Å²) in [5, 5.41) is 18.2. The molecule has 0 aliphatic heterocycles. The number of nitrogens with zero attached hydrogens (tertiary/aromatic N) is 6. The Morgan fingerprint density at radius 1 is 0.392 bits per heavy atom. The molecule has 2 rings (SSSR count). The fraction of sp³-hybridized carbons (Fsp3) is 0.793. The van der Waals surface area contributed by atoms with E-state index in [0.717, 1.165) is 38.5 Å². The molecule has 22 heteroatoms. The molecule has 2 heterocycles. The normalized spacial score (nSPS) is 11.2. The van der Waals surface area contributed by atoms with E-state index in [4.69, 9.17) is 0 Å². The van der Waals surface area contributed by atoms with Crippen LogP contribution in [0.1, 0.15) is 97.3 Å². The van der Waals surface area contributed by atoms with Crippen LogP contribution < -0.4 is 91.0 Å². The molecule has 0 fully saturated rings. The van der Waals surface area contributed by atoms with Crippen LogP contribution in [0.4, 0.5) is 35.7 Å². The summed E-state index contributed by atoms with van der Waals surface area (Å²) in [6, 6.07) is 0. The molecule has 0 bridgehead atoms. The molecule has 2 aromatic rings. The van der Waals surface area contributed by atoms with Crippen molar-refractivity contribution in [2.75, 3.05) is 82.7 Å². The molecule has 2 aromatic heterocycles. The van der Waals surface area contributed by atoms with Gasteiger partial charge in [0.1, 0.15) is 0 Å². The van der Waals surface area contributed by atoms with Crippen LogP contribution in [0.2, 0.25) is 0 Å². The van der Waals surface area contributed by atoms with Crippen molar-refractivity contribution in [1.29, 1.82) is 0 Å². The van der Waals surface area contributed by atoms with E-state index in [0.29, 0.717) is 44.5 Å². The fourth-order valence-corrected chi connectivity index (χ4v) is 5.21. The number of anilines is 6. The molecule has 0 aliphatic carbocycles. The number of nitrogens with one attached hydrogen (secondary N) is 6. The van der Waals surface area contributed by atoms with Crippen molar-refractivity contribution in [2.24, 2.45) is 0 Å². The number of unbranched alkanes of at least 4 members (excludes halogenated alkanes) is 10. The van der Waals surface area contributed by atoms with Crippen LogP contribution in [-0.4, -0.2) is 107 Å². The van der Waals surface area contributed by atoms with Gasteiger partial charge < -0.3 is 41.0 Å². The third kappa shape index (κ3) is 27.0. The van der Waals surface area contributed by atoms with E-state index in [-0.39, 0.29) is 96.0 Å². The van der Waals surface area contributed by atoms with Crippen molar-refractivity contribution in [3.05, 3.63) is 0 Å². The second-order valence-electron chi connectivity index (χ2n) is 11.6. The van der Waals surface area contributed by atoms with Crippen LogP contribution in [-0.2, 0) is 20.2 Å². The van der Waals surface area contributed by atoms with Crippen LogP contribution in [0, 0.1) is 0 Å². The maximum absolute atomic E-state index is 11.0. The summed E-state index contributed by atoms with van der Waals surface area (Å²) in [5.41, 5.74) is 0. The van der Waals surface area contributed by atoms with E-state index in [1.807, 2.05) is 0 Å². The zero-order valence-corrected chi connectivity index (χ0v) is 36.4. The van der Waals surface area contributed by atoms with Crippen molar-refractivity contribution in [1.82, 2.24) is 29.9 Å². The van der Waals surface area contributed by atoms with Crippen LogP contribution in [0.5, 0.6) is 0 Å². The van der Waals surface area contributed by atoms with E-state index in [1.54, 1.807) is 0 Å². The first kappa shape index (κ1) is 49.6. The van der Waals surface area contributed by atoms with Crippen LogP contribution >= 0.6 is 0 Å². The maximum Gasteiger partial charge on any atom is 1.00 e. The Morgan fingerprint density at radius 2 is 0.627 bits per heavy atom. The van der Waals surface area contributed by atoms with E-state index < -0.39 is 31.7 Å². The molecule has 0 saturated carbocycles. The minimum absolute atomic E-state index is 0. The summed E-state index contributed by atoms with van der Waals surface area (Å²) >= 11 is 0. The summed E-state index contributed by atoms with van der Waals surface area (Å²) in [4.78, 5) is 26.0. The molecule has 6 N–H and O–H groups in total. The van der Waals surface area contributed by atoms with Gasteiger partial charge >= 0.3 is 59.1 Å². The number of aromatic nitrogens is 6. The van der Waals surface area contributed by atoms with Gasteiger partial charge in [-0.1, -0.05) is 78.1 Å². The molecule has 280 valence electrons. The van der Waals surface area contributed by atoms with E-state index in [2.05, 4.69) is 75.7 Å². The van der Waals surface area contributed by atoms with Gasteiger partial charge in [0.15, 0.2) is 0 Å². The average molecular weight is 777 g/mol. The summed E-state index contributed by atoms with van der Waals surface area (Å²) in [5.74, 6) is 0.274. The molecule has 0 aliphatic rings. The molecular formula is C29H54N12Na2O6S2. The van der Waals surface area contributed by atoms with Gasteiger partial charge in [0.05, 0.1) is 31.7 Å². The van der Waals surface area contributed by atoms with Crippen molar-refractivity contribution in [3.63, 3.8) is 0 Å². The Hall–Kier alpha value is -1.36. The molecule has 0 atom stereocenters. The molecule has 0 aromatic carbocycles. The Labute approximate surface area is 348 Å². The summed E-state index contributed by atoms with van der Waals surface area (Å²) < 4.78 is 66.1. The monoisotopic (exact) mass is 776 g/mol. The second-order valence-corrected chi connectivity index (χ2v) is 14.6. The topological polar surface area (TPSA) is 264 Å². The Balaban J connectivity index is 0.0000125. The van der Waals surface area contributed by atoms with Gasteiger partial charge in [0.25, 0.3) is 0 Å². The zero-order valence-electron chi connectivity index (χ0n) is 30.8. The van der Waals surface area contributed by atoms with Crippen molar-refractivity contribution < 1.29 is 85.1 Å². The van der Waals surface area contributed by atoms with Gasteiger partial charge in [-0.3, -0.25) is 0 Å². The van der Waals surface area contributed by atoms with Gasteiger partial charge in [-0.05, 0) is 19.3 Å². The smallest absolute Gasteiger partial charge is 0.748 e. The Bertz CT molecular complexity index is 1330. The molecule has 0 unspecified atom stereocenters. The molecule has 18 nitrogen and oxygen atoms in total. The standard InChI is InChI=1S/C29H56N12O6S2.2Na/c1-3-5-7-9-11-13-16-30-24-36-26(40-28(38-24)34-20-22-48(42,43)44)32-18-15-19-33-27-37-25(31-17-14-12-10-8-6-4-2)39-29(41-27)35-21-23-49(45,46)47;;/h3-23H2,1-2H3,(H,42,43,44)(H,45,46,47)(H3,30,32,34,36,38,40)(H3,31,33,35,37,39,41);;/q;2*+1/p-2. The first-order valence-corrected chi connectivity index (χ1v) is 20.5. The molecule has 0 radical (unpaired) electrons. The van der Waals surface area contributed by atoms with Gasteiger partial charge in [-0.2, -0.15) is 29.9 Å². The first-order chi connectivity index (χ1) is 23.5. The van der Waals surface area contributed by atoms with Crippen LogP contribution in [0.25, 0.3) is 0 Å². The predicted molar refractivity (Wildman–Crippen MR) is 191 cm³/mol. The van der Waals surface area contributed by atoms with Gasteiger partial charge in [-0.25, -0.2) is 16.8 Å². The Morgan fingerprint density at radius 3 is 0.902 bits per heavy atom. The van der Waals surface area contributed by atoms with Gasteiger partial charge in [0.2, 0.25) is 35.7 Å². The largest absolute Gasteiger partial charge is 1.00 e. The van der Waals surface area contributed by atoms with Gasteiger partial charge in [-0.15, -0.1) is 0 Å². The molecular weight excluding hydrogens is 723 g/mol. The second kappa shape index (κ2) is 29.1. The number of hydrogen-bond acceptors (Lipinski definition) is 18. The minimum Gasteiger partial charge on any atom is -0.748 e.